The maximum Gasteiger partial charge on any atom is 0.322 e. The number of benzene rings is 2. The number of halogens is 1. The first-order chi connectivity index (χ1) is 13.4. The lowest BCUT2D eigenvalue weighted by Crippen LogP contribution is -2.33. The van der Waals surface area contributed by atoms with Crippen molar-refractivity contribution < 1.29 is 24.2 Å². The van der Waals surface area contributed by atoms with Crippen LogP contribution in [0.3, 0.4) is 0 Å². The number of carbonyl (C=O) groups is 2. The number of carboxylic acids is 1. The SMILES string of the molecule is O=C(O)CNC(=O)c1c(O)c2cc(F)cc(CCc3ccccc3)c2[nH]c1=O. The molecule has 0 saturated carbocycles. The van der Waals surface area contributed by atoms with Gasteiger partial charge in [0.25, 0.3) is 11.5 Å². The topological polar surface area (TPSA) is 119 Å². The van der Waals surface area contributed by atoms with Gasteiger partial charge in [-0.25, -0.2) is 4.39 Å². The van der Waals surface area contributed by atoms with Gasteiger partial charge in [0, 0.05) is 5.39 Å². The largest absolute Gasteiger partial charge is 0.506 e. The Morgan fingerprint density at radius 3 is 2.50 bits per heavy atom. The van der Waals surface area contributed by atoms with E-state index in [-0.39, 0.29) is 10.9 Å². The third kappa shape index (κ3) is 4.01. The Kier molecular flexibility index (Phi) is 5.39. The fourth-order valence-corrected chi connectivity index (χ4v) is 2.99. The van der Waals surface area contributed by atoms with Crippen molar-refractivity contribution in [2.75, 3.05) is 6.54 Å². The molecule has 4 N–H and O–H groups in total. The number of aryl methyl sites for hydroxylation is 2. The molecule has 2 aromatic carbocycles. The number of aliphatic carboxylic acids is 1. The lowest BCUT2D eigenvalue weighted by molar-refractivity contribution is -0.135. The minimum Gasteiger partial charge on any atom is -0.506 e. The van der Waals surface area contributed by atoms with Gasteiger partial charge in [-0.1, -0.05) is 30.3 Å². The highest BCUT2D eigenvalue weighted by molar-refractivity contribution is 6.03. The first-order valence-electron chi connectivity index (χ1n) is 8.48. The number of pyridine rings is 1. The maximum atomic E-state index is 14.1. The van der Waals surface area contributed by atoms with Crippen molar-refractivity contribution in [2.24, 2.45) is 0 Å². The summed E-state index contributed by atoms with van der Waals surface area (Å²) in [6, 6.07) is 11.8. The number of aromatic hydroxyl groups is 1. The van der Waals surface area contributed by atoms with E-state index >= 15 is 0 Å². The average molecular weight is 384 g/mol. The Hall–Kier alpha value is -3.68. The monoisotopic (exact) mass is 384 g/mol. The number of fused-ring (bicyclic) bond motifs is 1. The van der Waals surface area contributed by atoms with Crippen LogP contribution in [0.4, 0.5) is 4.39 Å². The summed E-state index contributed by atoms with van der Waals surface area (Å²) in [5.41, 5.74) is 0.184. The smallest absolute Gasteiger partial charge is 0.322 e. The molecule has 1 heterocycles. The van der Waals surface area contributed by atoms with Gasteiger partial charge >= 0.3 is 5.97 Å². The molecule has 1 amide bonds. The van der Waals surface area contributed by atoms with Gasteiger partial charge in [0.05, 0.1) is 5.52 Å². The Labute approximate surface area is 158 Å². The summed E-state index contributed by atoms with van der Waals surface area (Å²) in [7, 11) is 0. The fraction of sp³-hybridized carbons (Fsp3) is 0.150. The molecule has 0 bridgehead atoms. The summed E-state index contributed by atoms with van der Waals surface area (Å²) in [4.78, 5) is 37.5. The number of rotatable bonds is 6. The van der Waals surface area contributed by atoms with E-state index in [1.807, 2.05) is 35.6 Å². The minimum atomic E-state index is -1.31. The van der Waals surface area contributed by atoms with Gasteiger partial charge in [-0.3, -0.25) is 14.4 Å². The first kappa shape index (κ1) is 19.1. The molecule has 0 fully saturated rings. The molecule has 28 heavy (non-hydrogen) atoms. The second-order valence-electron chi connectivity index (χ2n) is 6.23. The van der Waals surface area contributed by atoms with E-state index in [1.165, 1.54) is 6.07 Å². The van der Waals surface area contributed by atoms with Crippen LogP contribution in [0.5, 0.6) is 5.75 Å². The Balaban J connectivity index is 2.02. The van der Waals surface area contributed by atoms with Gasteiger partial charge in [-0.05, 0) is 36.1 Å². The van der Waals surface area contributed by atoms with E-state index in [1.54, 1.807) is 0 Å². The molecule has 144 valence electrons. The molecule has 0 aliphatic rings. The lowest BCUT2D eigenvalue weighted by atomic mass is 10.00. The number of hydrogen-bond donors (Lipinski definition) is 4. The van der Waals surface area contributed by atoms with E-state index in [4.69, 9.17) is 5.11 Å². The van der Waals surface area contributed by atoms with Gasteiger partial charge < -0.3 is 20.5 Å². The third-order valence-corrected chi connectivity index (χ3v) is 4.30. The van der Waals surface area contributed by atoms with Crippen LogP contribution in [0, 0.1) is 5.82 Å². The highest BCUT2D eigenvalue weighted by Gasteiger charge is 2.21. The molecule has 1 aromatic heterocycles. The molecule has 0 radical (unpaired) electrons. The number of aromatic amines is 1. The van der Waals surface area contributed by atoms with Crippen molar-refractivity contribution in [1.82, 2.24) is 10.3 Å². The van der Waals surface area contributed by atoms with Gasteiger partial charge in [0.15, 0.2) is 0 Å². The van der Waals surface area contributed by atoms with Crippen LogP contribution < -0.4 is 10.9 Å². The van der Waals surface area contributed by atoms with Crippen molar-refractivity contribution in [1.29, 1.82) is 0 Å². The summed E-state index contributed by atoms with van der Waals surface area (Å²) < 4.78 is 14.1. The average Bonchev–Trinajstić information content (AvgIpc) is 2.66. The molecule has 0 spiro atoms. The van der Waals surface area contributed by atoms with Crippen molar-refractivity contribution in [3.63, 3.8) is 0 Å². The zero-order chi connectivity index (χ0) is 20.3. The Morgan fingerprint density at radius 1 is 1.11 bits per heavy atom. The van der Waals surface area contributed by atoms with Crippen molar-refractivity contribution in [2.45, 2.75) is 12.8 Å². The predicted molar refractivity (Wildman–Crippen MR) is 100 cm³/mol. The zero-order valence-electron chi connectivity index (χ0n) is 14.7. The Bertz CT molecular complexity index is 1110. The second kappa shape index (κ2) is 7.91. The summed E-state index contributed by atoms with van der Waals surface area (Å²) in [5.74, 6) is -3.69. The highest BCUT2D eigenvalue weighted by Crippen LogP contribution is 2.29. The minimum absolute atomic E-state index is 0.0249. The summed E-state index contributed by atoms with van der Waals surface area (Å²) in [6.07, 6.45) is 0.987. The number of aromatic nitrogens is 1. The molecule has 3 aromatic rings. The number of amides is 1. The maximum absolute atomic E-state index is 14.1. The number of nitrogens with one attached hydrogen (secondary N) is 2. The Morgan fingerprint density at radius 2 is 1.82 bits per heavy atom. The van der Waals surface area contributed by atoms with Crippen LogP contribution in [-0.4, -0.2) is 33.6 Å². The van der Waals surface area contributed by atoms with E-state index in [2.05, 4.69) is 4.98 Å². The molecule has 0 aliphatic carbocycles. The van der Waals surface area contributed by atoms with Crippen molar-refractivity contribution >= 4 is 22.8 Å². The van der Waals surface area contributed by atoms with E-state index in [0.29, 0.717) is 18.4 Å². The standard InChI is InChI=1S/C20H17FN2O5/c21-13-8-12(7-6-11-4-2-1-3-5-11)17-14(9-13)18(26)16(20(28)23-17)19(27)22-10-15(24)25/h1-5,8-9H,6-7,10H2,(H,22,27)(H,24,25)(H2,23,26,28). The normalized spacial score (nSPS) is 10.8. The number of carbonyl (C=O) groups excluding carboxylic acids is 1. The summed E-state index contributed by atoms with van der Waals surface area (Å²) >= 11 is 0. The van der Waals surface area contributed by atoms with Gasteiger partial charge in [-0.2, -0.15) is 0 Å². The number of carboxylic acid groups (broad SMARTS) is 1. The first-order valence-corrected chi connectivity index (χ1v) is 8.48. The highest BCUT2D eigenvalue weighted by atomic mass is 19.1. The molecule has 0 aliphatic heterocycles. The van der Waals surface area contributed by atoms with Crippen LogP contribution in [0.1, 0.15) is 21.5 Å². The quantitative estimate of drug-likeness (QED) is 0.518. The zero-order valence-corrected chi connectivity index (χ0v) is 14.7. The van der Waals surface area contributed by atoms with Crippen molar-refractivity contribution in [3.8, 4) is 5.75 Å². The fourth-order valence-electron chi connectivity index (χ4n) is 2.99. The molecule has 3 rings (SSSR count). The van der Waals surface area contributed by atoms with Crippen LogP contribution in [0.15, 0.2) is 47.3 Å². The molecule has 0 unspecified atom stereocenters. The van der Waals surface area contributed by atoms with Crippen molar-refractivity contribution in [3.05, 3.63) is 75.3 Å². The van der Waals surface area contributed by atoms with Gasteiger partial charge in [0.1, 0.15) is 23.7 Å². The summed E-state index contributed by atoms with van der Waals surface area (Å²) in [6.45, 7) is -0.721. The van der Waals surface area contributed by atoms with Crippen LogP contribution >= 0.6 is 0 Å². The number of hydrogen-bond acceptors (Lipinski definition) is 4. The molecule has 7 nitrogen and oxygen atoms in total. The van der Waals surface area contributed by atoms with Gasteiger partial charge in [-0.15, -0.1) is 0 Å². The number of H-pyrrole nitrogens is 1. The van der Waals surface area contributed by atoms with E-state index in [9.17, 15) is 23.9 Å². The second-order valence-corrected chi connectivity index (χ2v) is 6.23. The van der Waals surface area contributed by atoms with Crippen LogP contribution in [-0.2, 0) is 17.6 Å². The molecular weight excluding hydrogens is 367 g/mol. The molecule has 0 saturated heterocycles. The predicted octanol–water partition coefficient (Wildman–Crippen LogP) is 1.97. The van der Waals surface area contributed by atoms with E-state index < -0.39 is 41.1 Å². The van der Waals surface area contributed by atoms with Crippen LogP contribution in [0.2, 0.25) is 0 Å². The lowest BCUT2D eigenvalue weighted by Gasteiger charge is -2.11. The molecule has 0 atom stereocenters. The van der Waals surface area contributed by atoms with Crippen LogP contribution in [0.25, 0.3) is 10.9 Å². The summed E-state index contributed by atoms with van der Waals surface area (Å²) in [5, 5.41) is 21.0. The van der Waals surface area contributed by atoms with E-state index in [0.717, 1.165) is 11.6 Å². The molecular formula is C20H17FN2O5. The third-order valence-electron chi connectivity index (χ3n) is 4.30. The van der Waals surface area contributed by atoms with Gasteiger partial charge in [0.2, 0.25) is 0 Å². The molecule has 8 heteroatoms.